The van der Waals surface area contributed by atoms with Crippen molar-refractivity contribution in [1.29, 1.82) is 0 Å². The molecular weight excluding hydrogens is 308 g/mol. The Kier molecular flexibility index (Phi) is 4.20. The van der Waals surface area contributed by atoms with Crippen molar-refractivity contribution in [1.82, 2.24) is 9.97 Å². The van der Waals surface area contributed by atoms with Gasteiger partial charge < -0.3 is 19.4 Å². The minimum atomic E-state index is -0.696. The molecule has 6 nitrogen and oxygen atoms in total. The molecule has 0 spiro atoms. The van der Waals surface area contributed by atoms with E-state index in [2.05, 4.69) is 9.97 Å². The maximum Gasteiger partial charge on any atom is 0.314 e. The molecule has 2 aromatic carbocycles. The molecule has 2 N–H and O–H groups in total. The van der Waals surface area contributed by atoms with Crippen molar-refractivity contribution in [2.45, 2.75) is 0 Å². The van der Waals surface area contributed by atoms with Gasteiger partial charge in [-0.2, -0.15) is 0 Å². The molecule has 0 bridgehead atoms. The fraction of sp³-hybridized carbons (Fsp3) is 0.111. The highest BCUT2D eigenvalue weighted by molar-refractivity contribution is 5.78. The summed E-state index contributed by atoms with van der Waals surface area (Å²) in [6.45, 7) is 0. The summed E-state index contributed by atoms with van der Waals surface area (Å²) in [5.41, 5.74) is 1.20. The van der Waals surface area contributed by atoms with E-state index in [1.54, 1.807) is 38.5 Å². The molecule has 0 aliphatic heterocycles. The number of hydrogen-bond acceptors (Lipinski definition) is 4. The SMILES string of the molecule is COc1ccc(-c2[nH]c(=O)c(=O)[nH]c2-c2ccc(OC)cc2)cc1. The van der Waals surface area contributed by atoms with Gasteiger partial charge in [0.05, 0.1) is 25.6 Å². The molecule has 0 unspecified atom stereocenters. The van der Waals surface area contributed by atoms with Crippen LogP contribution in [0.1, 0.15) is 0 Å². The van der Waals surface area contributed by atoms with Crippen LogP contribution >= 0.6 is 0 Å². The Morgan fingerprint density at radius 2 is 0.958 bits per heavy atom. The first-order valence-corrected chi connectivity index (χ1v) is 7.28. The molecule has 24 heavy (non-hydrogen) atoms. The maximum atomic E-state index is 11.8. The van der Waals surface area contributed by atoms with Crippen LogP contribution in [0.2, 0.25) is 0 Å². The lowest BCUT2D eigenvalue weighted by Gasteiger charge is -2.10. The van der Waals surface area contributed by atoms with Gasteiger partial charge in [0.1, 0.15) is 11.5 Å². The standard InChI is InChI=1S/C18H16N2O4/c1-23-13-7-3-11(4-8-13)15-16(20-18(22)17(21)19-15)12-5-9-14(24-2)10-6-12/h3-10H,1-2H3,(H,19,21)(H,20,22). The zero-order valence-corrected chi connectivity index (χ0v) is 13.3. The predicted molar refractivity (Wildman–Crippen MR) is 91.7 cm³/mol. The molecule has 0 aliphatic carbocycles. The molecule has 0 saturated carbocycles. The Balaban J connectivity index is 2.18. The summed E-state index contributed by atoms with van der Waals surface area (Å²) >= 11 is 0. The Morgan fingerprint density at radius 3 is 1.25 bits per heavy atom. The van der Waals surface area contributed by atoms with Crippen molar-refractivity contribution in [3.8, 4) is 34.0 Å². The molecule has 0 aliphatic rings. The summed E-state index contributed by atoms with van der Waals surface area (Å²) in [4.78, 5) is 28.9. The molecule has 0 saturated heterocycles. The highest BCUT2D eigenvalue weighted by Gasteiger charge is 2.12. The number of rotatable bonds is 4. The third-order valence-electron chi connectivity index (χ3n) is 3.69. The number of hydrogen-bond donors (Lipinski definition) is 2. The summed E-state index contributed by atoms with van der Waals surface area (Å²) in [6, 6.07) is 14.4. The molecular formula is C18H16N2O4. The van der Waals surface area contributed by atoms with E-state index < -0.39 is 11.1 Å². The number of aromatic amines is 2. The molecule has 0 radical (unpaired) electrons. The molecule has 0 atom stereocenters. The molecule has 1 heterocycles. The molecule has 6 heteroatoms. The Bertz CT molecular complexity index is 874. The fourth-order valence-corrected chi connectivity index (χ4v) is 2.41. The third-order valence-corrected chi connectivity index (χ3v) is 3.69. The van der Waals surface area contributed by atoms with Crippen molar-refractivity contribution in [3.05, 3.63) is 69.2 Å². The van der Waals surface area contributed by atoms with Gasteiger partial charge in [-0.1, -0.05) is 0 Å². The van der Waals surface area contributed by atoms with Crippen LogP contribution in [0.3, 0.4) is 0 Å². The molecule has 3 rings (SSSR count). The highest BCUT2D eigenvalue weighted by atomic mass is 16.5. The molecule has 122 valence electrons. The zero-order valence-electron chi connectivity index (χ0n) is 13.3. The van der Waals surface area contributed by atoms with Crippen LogP contribution in [-0.2, 0) is 0 Å². The van der Waals surface area contributed by atoms with Crippen molar-refractivity contribution in [3.63, 3.8) is 0 Å². The van der Waals surface area contributed by atoms with E-state index in [0.717, 1.165) is 11.1 Å². The van der Waals surface area contributed by atoms with E-state index in [9.17, 15) is 9.59 Å². The van der Waals surface area contributed by atoms with Gasteiger partial charge in [0.2, 0.25) is 0 Å². The lowest BCUT2D eigenvalue weighted by Crippen LogP contribution is -2.30. The van der Waals surface area contributed by atoms with Crippen LogP contribution in [0.4, 0.5) is 0 Å². The largest absolute Gasteiger partial charge is 0.497 e. The maximum absolute atomic E-state index is 11.8. The fourth-order valence-electron chi connectivity index (χ4n) is 2.41. The van der Waals surface area contributed by atoms with Crippen LogP contribution in [0.5, 0.6) is 11.5 Å². The molecule has 1 aromatic heterocycles. The number of H-pyrrole nitrogens is 2. The normalized spacial score (nSPS) is 10.4. The van der Waals surface area contributed by atoms with E-state index in [1.807, 2.05) is 24.3 Å². The minimum Gasteiger partial charge on any atom is -0.497 e. The Labute approximate surface area is 137 Å². The second-order valence-electron chi connectivity index (χ2n) is 5.12. The van der Waals surface area contributed by atoms with Crippen molar-refractivity contribution >= 4 is 0 Å². The first kappa shape index (κ1) is 15.6. The minimum absolute atomic E-state index is 0.535. The first-order chi connectivity index (χ1) is 11.6. The van der Waals surface area contributed by atoms with Crippen molar-refractivity contribution < 1.29 is 9.47 Å². The smallest absolute Gasteiger partial charge is 0.314 e. The molecule has 3 aromatic rings. The van der Waals surface area contributed by atoms with Gasteiger partial charge in [0, 0.05) is 11.1 Å². The van der Waals surface area contributed by atoms with E-state index >= 15 is 0 Å². The number of methoxy groups -OCH3 is 2. The highest BCUT2D eigenvalue weighted by Crippen LogP contribution is 2.29. The first-order valence-electron chi connectivity index (χ1n) is 7.28. The van der Waals surface area contributed by atoms with Gasteiger partial charge in [0.15, 0.2) is 0 Å². The third kappa shape index (κ3) is 2.94. The predicted octanol–water partition coefficient (Wildman–Crippen LogP) is 2.41. The van der Waals surface area contributed by atoms with Crippen molar-refractivity contribution in [2.24, 2.45) is 0 Å². The van der Waals surface area contributed by atoms with Crippen LogP contribution in [0, 0.1) is 0 Å². The second-order valence-corrected chi connectivity index (χ2v) is 5.12. The van der Waals surface area contributed by atoms with Gasteiger partial charge in [-0.3, -0.25) is 9.59 Å². The van der Waals surface area contributed by atoms with Gasteiger partial charge in [-0.15, -0.1) is 0 Å². The molecule has 0 amide bonds. The van der Waals surface area contributed by atoms with E-state index in [-0.39, 0.29) is 0 Å². The number of benzene rings is 2. The number of ether oxygens (including phenoxy) is 2. The van der Waals surface area contributed by atoms with Crippen LogP contribution in [0.15, 0.2) is 58.1 Å². The number of aromatic nitrogens is 2. The van der Waals surface area contributed by atoms with Gasteiger partial charge >= 0.3 is 11.1 Å². The monoisotopic (exact) mass is 324 g/mol. The van der Waals surface area contributed by atoms with E-state index in [0.29, 0.717) is 22.9 Å². The van der Waals surface area contributed by atoms with Gasteiger partial charge in [-0.25, -0.2) is 0 Å². The lowest BCUT2D eigenvalue weighted by molar-refractivity contribution is 0.414. The molecule has 0 fully saturated rings. The van der Waals surface area contributed by atoms with Crippen LogP contribution < -0.4 is 20.6 Å². The summed E-state index contributed by atoms with van der Waals surface area (Å²) in [6.07, 6.45) is 0. The topological polar surface area (TPSA) is 84.2 Å². The van der Waals surface area contributed by atoms with Gasteiger partial charge in [0.25, 0.3) is 0 Å². The summed E-state index contributed by atoms with van der Waals surface area (Å²) in [5, 5.41) is 0. The van der Waals surface area contributed by atoms with Crippen molar-refractivity contribution in [2.75, 3.05) is 14.2 Å². The van der Waals surface area contributed by atoms with Crippen LogP contribution in [-0.4, -0.2) is 24.2 Å². The quantitative estimate of drug-likeness (QED) is 0.722. The number of nitrogens with one attached hydrogen (secondary N) is 2. The lowest BCUT2D eigenvalue weighted by atomic mass is 10.0. The Morgan fingerprint density at radius 1 is 0.625 bits per heavy atom. The average Bonchev–Trinajstić information content (AvgIpc) is 2.64. The van der Waals surface area contributed by atoms with Crippen LogP contribution in [0.25, 0.3) is 22.5 Å². The second kappa shape index (κ2) is 6.45. The summed E-state index contributed by atoms with van der Waals surface area (Å²) in [7, 11) is 3.17. The van der Waals surface area contributed by atoms with E-state index in [1.165, 1.54) is 0 Å². The Hall–Kier alpha value is -3.28. The van der Waals surface area contributed by atoms with E-state index in [4.69, 9.17) is 9.47 Å². The summed E-state index contributed by atoms with van der Waals surface area (Å²) < 4.78 is 10.3. The zero-order chi connectivity index (χ0) is 17.1. The van der Waals surface area contributed by atoms with Gasteiger partial charge in [-0.05, 0) is 48.5 Å². The average molecular weight is 324 g/mol. The summed E-state index contributed by atoms with van der Waals surface area (Å²) in [5.74, 6) is 1.41.